The lowest BCUT2D eigenvalue weighted by molar-refractivity contribution is 0.412. The first kappa shape index (κ1) is 10.0. The molecule has 76 valence electrons. The standard InChI is InChI=1S/C12H16ClN/c1-12(6-3-7-14-12)9-10-4-2-5-11(13)8-10/h2,4-5,8,14H,3,6-7,9H2,1H3. The Balaban J connectivity index is 2.10. The van der Waals surface area contributed by atoms with Gasteiger partial charge in [0.25, 0.3) is 0 Å². The molecule has 1 aliphatic rings. The summed E-state index contributed by atoms with van der Waals surface area (Å²) in [6, 6.07) is 8.16. The Hall–Kier alpha value is -0.530. The monoisotopic (exact) mass is 209 g/mol. The number of hydrogen-bond acceptors (Lipinski definition) is 1. The zero-order valence-electron chi connectivity index (χ0n) is 8.52. The van der Waals surface area contributed by atoms with Crippen molar-refractivity contribution in [2.24, 2.45) is 0 Å². The summed E-state index contributed by atoms with van der Waals surface area (Å²) in [4.78, 5) is 0. The molecule has 1 nitrogen and oxygen atoms in total. The zero-order chi connectivity index (χ0) is 10.0. The van der Waals surface area contributed by atoms with Crippen molar-refractivity contribution in [1.82, 2.24) is 5.32 Å². The number of nitrogens with one attached hydrogen (secondary N) is 1. The molecule has 1 heterocycles. The molecule has 1 aromatic carbocycles. The van der Waals surface area contributed by atoms with Crippen molar-refractivity contribution in [2.45, 2.75) is 31.7 Å². The summed E-state index contributed by atoms with van der Waals surface area (Å²) in [5.41, 5.74) is 1.61. The molecule has 1 N–H and O–H groups in total. The SMILES string of the molecule is CC1(Cc2cccc(Cl)c2)CCCN1. The van der Waals surface area contributed by atoms with Gasteiger partial charge in [-0.15, -0.1) is 0 Å². The fourth-order valence-corrected chi connectivity index (χ4v) is 2.42. The summed E-state index contributed by atoms with van der Waals surface area (Å²) < 4.78 is 0. The fraction of sp³-hybridized carbons (Fsp3) is 0.500. The summed E-state index contributed by atoms with van der Waals surface area (Å²) >= 11 is 5.96. The van der Waals surface area contributed by atoms with Crippen LogP contribution in [-0.2, 0) is 6.42 Å². The molecule has 0 aromatic heterocycles. The molecule has 0 radical (unpaired) electrons. The minimum absolute atomic E-state index is 0.282. The summed E-state index contributed by atoms with van der Waals surface area (Å²) in [5, 5.41) is 4.39. The van der Waals surface area contributed by atoms with Crippen LogP contribution in [0.5, 0.6) is 0 Å². The van der Waals surface area contributed by atoms with Gasteiger partial charge in [-0.2, -0.15) is 0 Å². The Labute approximate surface area is 90.5 Å². The first-order valence-electron chi connectivity index (χ1n) is 5.17. The van der Waals surface area contributed by atoms with Crippen molar-refractivity contribution in [1.29, 1.82) is 0 Å². The van der Waals surface area contributed by atoms with E-state index >= 15 is 0 Å². The first-order valence-corrected chi connectivity index (χ1v) is 5.55. The Bertz CT molecular complexity index is 316. The van der Waals surface area contributed by atoms with Crippen molar-refractivity contribution in [3.63, 3.8) is 0 Å². The van der Waals surface area contributed by atoms with Crippen molar-refractivity contribution in [3.05, 3.63) is 34.9 Å². The van der Waals surface area contributed by atoms with Crippen LogP contribution in [0.4, 0.5) is 0 Å². The molecular weight excluding hydrogens is 194 g/mol. The van der Waals surface area contributed by atoms with Crippen LogP contribution in [-0.4, -0.2) is 12.1 Å². The van der Waals surface area contributed by atoms with E-state index in [0.29, 0.717) is 0 Å². The number of hydrogen-bond donors (Lipinski definition) is 1. The van der Waals surface area contributed by atoms with Crippen LogP contribution < -0.4 is 5.32 Å². The van der Waals surface area contributed by atoms with E-state index in [9.17, 15) is 0 Å². The Morgan fingerprint density at radius 2 is 2.36 bits per heavy atom. The van der Waals surface area contributed by atoms with Gasteiger partial charge in [-0.25, -0.2) is 0 Å². The predicted octanol–water partition coefficient (Wildman–Crippen LogP) is 3.02. The van der Waals surface area contributed by atoms with Crippen LogP contribution in [0.3, 0.4) is 0 Å². The van der Waals surface area contributed by atoms with Gasteiger partial charge in [-0.1, -0.05) is 23.7 Å². The third kappa shape index (κ3) is 2.28. The van der Waals surface area contributed by atoms with E-state index in [1.807, 2.05) is 12.1 Å². The summed E-state index contributed by atoms with van der Waals surface area (Å²) in [5.74, 6) is 0. The molecule has 0 amide bonds. The average Bonchev–Trinajstić information content (AvgIpc) is 2.51. The molecule has 1 fully saturated rings. The van der Waals surface area contributed by atoms with Gasteiger partial charge >= 0.3 is 0 Å². The minimum Gasteiger partial charge on any atom is -0.311 e. The van der Waals surface area contributed by atoms with Crippen molar-refractivity contribution >= 4 is 11.6 Å². The van der Waals surface area contributed by atoms with Crippen LogP contribution in [0.2, 0.25) is 5.02 Å². The molecule has 2 heteroatoms. The van der Waals surface area contributed by atoms with Gasteiger partial charge in [0, 0.05) is 10.6 Å². The maximum Gasteiger partial charge on any atom is 0.0408 e. The number of rotatable bonds is 2. The molecule has 1 aliphatic heterocycles. The van der Waals surface area contributed by atoms with E-state index < -0.39 is 0 Å². The molecule has 1 unspecified atom stereocenters. The number of halogens is 1. The third-order valence-electron chi connectivity index (χ3n) is 2.94. The van der Waals surface area contributed by atoms with Crippen molar-refractivity contribution in [2.75, 3.05) is 6.54 Å². The van der Waals surface area contributed by atoms with Crippen molar-refractivity contribution < 1.29 is 0 Å². The highest BCUT2D eigenvalue weighted by molar-refractivity contribution is 6.30. The number of benzene rings is 1. The van der Waals surface area contributed by atoms with Gasteiger partial charge in [-0.3, -0.25) is 0 Å². The molecule has 0 spiro atoms. The Kier molecular flexibility index (Phi) is 2.80. The van der Waals surface area contributed by atoms with Crippen LogP contribution in [0, 0.1) is 0 Å². The summed E-state index contributed by atoms with van der Waals surface area (Å²) in [7, 11) is 0. The highest BCUT2D eigenvalue weighted by Gasteiger charge is 2.27. The smallest absolute Gasteiger partial charge is 0.0408 e. The molecule has 0 saturated carbocycles. The van der Waals surface area contributed by atoms with E-state index in [-0.39, 0.29) is 5.54 Å². The minimum atomic E-state index is 0.282. The molecule has 1 saturated heterocycles. The van der Waals surface area contributed by atoms with Crippen LogP contribution in [0.1, 0.15) is 25.3 Å². The largest absolute Gasteiger partial charge is 0.311 e. The van der Waals surface area contributed by atoms with Gasteiger partial charge < -0.3 is 5.32 Å². The lowest BCUT2D eigenvalue weighted by Crippen LogP contribution is -2.38. The van der Waals surface area contributed by atoms with Gasteiger partial charge in [0.15, 0.2) is 0 Å². The quantitative estimate of drug-likeness (QED) is 0.790. The maximum absolute atomic E-state index is 5.96. The molecule has 2 rings (SSSR count). The van der Waals surface area contributed by atoms with Gasteiger partial charge in [0.2, 0.25) is 0 Å². The van der Waals surface area contributed by atoms with Crippen molar-refractivity contribution in [3.8, 4) is 0 Å². The van der Waals surface area contributed by atoms with Gasteiger partial charge in [0.1, 0.15) is 0 Å². The molecule has 14 heavy (non-hydrogen) atoms. The average molecular weight is 210 g/mol. The predicted molar refractivity (Wildman–Crippen MR) is 60.8 cm³/mol. The maximum atomic E-state index is 5.96. The lowest BCUT2D eigenvalue weighted by Gasteiger charge is -2.24. The van der Waals surface area contributed by atoms with E-state index in [0.717, 1.165) is 18.0 Å². The third-order valence-corrected chi connectivity index (χ3v) is 3.18. The van der Waals surface area contributed by atoms with Gasteiger partial charge in [0.05, 0.1) is 0 Å². The highest BCUT2D eigenvalue weighted by Crippen LogP contribution is 2.24. The zero-order valence-corrected chi connectivity index (χ0v) is 9.27. The highest BCUT2D eigenvalue weighted by atomic mass is 35.5. The molecule has 1 aromatic rings. The summed E-state index contributed by atoms with van der Waals surface area (Å²) in [6.45, 7) is 3.44. The second kappa shape index (κ2) is 3.92. The normalized spacial score (nSPS) is 26.7. The van der Waals surface area contributed by atoms with Crippen LogP contribution in [0.25, 0.3) is 0 Å². The Morgan fingerprint density at radius 1 is 1.50 bits per heavy atom. The molecule has 0 bridgehead atoms. The van der Waals surface area contributed by atoms with E-state index in [2.05, 4.69) is 24.4 Å². The molecule has 1 atom stereocenters. The molecular formula is C12H16ClN. The Morgan fingerprint density at radius 3 is 3.00 bits per heavy atom. The topological polar surface area (TPSA) is 12.0 Å². The second-order valence-corrected chi connectivity index (χ2v) is 4.83. The van der Waals surface area contributed by atoms with Crippen LogP contribution >= 0.6 is 11.6 Å². The second-order valence-electron chi connectivity index (χ2n) is 4.40. The van der Waals surface area contributed by atoms with Crippen LogP contribution in [0.15, 0.2) is 24.3 Å². The van der Waals surface area contributed by atoms with E-state index in [1.165, 1.54) is 18.4 Å². The fourth-order valence-electron chi connectivity index (χ4n) is 2.21. The first-order chi connectivity index (χ1) is 6.68. The molecule has 0 aliphatic carbocycles. The summed E-state index contributed by atoms with van der Waals surface area (Å²) in [6.07, 6.45) is 3.63. The van der Waals surface area contributed by atoms with E-state index in [1.54, 1.807) is 0 Å². The van der Waals surface area contributed by atoms with E-state index in [4.69, 9.17) is 11.6 Å². The van der Waals surface area contributed by atoms with Gasteiger partial charge in [-0.05, 0) is 50.4 Å². The lowest BCUT2D eigenvalue weighted by atomic mass is 9.91.